The number of rotatable bonds is 3. The Bertz CT molecular complexity index is 442. The molecule has 2 atom stereocenters. The van der Waals surface area contributed by atoms with Crippen LogP contribution < -0.4 is 16.4 Å². The molecule has 108 valence electrons. The number of anilines is 1. The van der Waals surface area contributed by atoms with Gasteiger partial charge in [0.15, 0.2) is 0 Å². The zero-order valence-electron chi connectivity index (χ0n) is 11.0. The Morgan fingerprint density at radius 1 is 1.47 bits per heavy atom. The molecule has 0 aromatic carbocycles. The lowest BCUT2D eigenvalue weighted by Gasteiger charge is -2.14. The van der Waals surface area contributed by atoms with Crippen molar-refractivity contribution in [1.82, 2.24) is 10.3 Å². The van der Waals surface area contributed by atoms with Crippen molar-refractivity contribution in [2.75, 3.05) is 11.9 Å². The Morgan fingerprint density at radius 2 is 2.16 bits per heavy atom. The van der Waals surface area contributed by atoms with E-state index in [0.717, 1.165) is 23.5 Å². The van der Waals surface area contributed by atoms with Crippen molar-refractivity contribution in [2.24, 2.45) is 5.73 Å². The minimum Gasteiger partial charge on any atom is -0.368 e. The van der Waals surface area contributed by atoms with Crippen molar-refractivity contribution >= 4 is 36.5 Å². The number of amides is 1. The third-order valence-corrected chi connectivity index (χ3v) is 3.03. The monoisotopic (exact) mass is 306 g/mol. The molecule has 5 nitrogen and oxygen atoms in total. The summed E-state index contributed by atoms with van der Waals surface area (Å²) in [6.07, 6.45) is 2.55. The van der Waals surface area contributed by atoms with E-state index < -0.39 is 0 Å². The fourth-order valence-electron chi connectivity index (χ4n) is 2.12. The number of carbonyl (C=O) groups is 1. The maximum Gasteiger partial charge on any atom is 0.234 e. The molecule has 0 aliphatic carbocycles. The van der Waals surface area contributed by atoms with Crippen LogP contribution in [0.4, 0.5) is 5.82 Å². The van der Waals surface area contributed by atoms with Crippen molar-refractivity contribution in [2.45, 2.75) is 32.4 Å². The fraction of sp³-hybridized carbons (Fsp3) is 0.500. The number of pyridine rings is 1. The molecule has 0 radical (unpaired) electrons. The first kappa shape index (κ1) is 18.0. The Morgan fingerprint density at radius 3 is 2.68 bits per heavy atom. The lowest BCUT2D eigenvalue weighted by atomic mass is 10.1. The first-order valence-corrected chi connectivity index (χ1v) is 5.78. The highest BCUT2D eigenvalue weighted by Crippen LogP contribution is 2.16. The number of aromatic nitrogens is 1. The predicted molar refractivity (Wildman–Crippen MR) is 81.2 cm³/mol. The van der Waals surface area contributed by atoms with Gasteiger partial charge in [0.05, 0.1) is 6.04 Å². The largest absolute Gasteiger partial charge is 0.368 e. The molecule has 1 aliphatic heterocycles. The SMILES string of the molecule is Cc1cnc(N[C@@H]2CN[C@H](C(N)=O)C2)c(C)c1.Cl.Cl. The summed E-state index contributed by atoms with van der Waals surface area (Å²) in [6, 6.07) is 2.07. The van der Waals surface area contributed by atoms with Crippen LogP contribution in [-0.2, 0) is 4.79 Å². The molecule has 0 bridgehead atoms. The molecule has 4 N–H and O–H groups in total. The van der Waals surface area contributed by atoms with E-state index in [1.807, 2.05) is 20.0 Å². The van der Waals surface area contributed by atoms with Crippen LogP contribution in [0.5, 0.6) is 0 Å². The van der Waals surface area contributed by atoms with Gasteiger partial charge in [0.1, 0.15) is 5.82 Å². The Balaban J connectivity index is 0.00000162. The molecule has 7 heteroatoms. The topological polar surface area (TPSA) is 80.0 Å². The van der Waals surface area contributed by atoms with Crippen LogP contribution in [0, 0.1) is 13.8 Å². The molecule has 1 aromatic heterocycles. The normalized spacial score (nSPS) is 21.2. The number of halogens is 2. The smallest absolute Gasteiger partial charge is 0.234 e. The molecule has 1 fully saturated rings. The summed E-state index contributed by atoms with van der Waals surface area (Å²) in [5.41, 5.74) is 7.52. The molecular formula is C12H20Cl2N4O. The number of nitrogens with zero attached hydrogens (tertiary/aromatic N) is 1. The van der Waals surface area contributed by atoms with E-state index in [-0.39, 0.29) is 42.8 Å². The second kappa shape index (κ2) is 7.53. The first-order chi connectivity index (χ1) is 8.06. The van der Waals surface area contributed by atoms with Crippen molar-refractivity contribution in [3.05, 3.63) is 23.4 Å². The van der Waals surface area contributed by atoms with E-state index in [1.54, 1.807) is 0 Å². The molecule has 2 heterocycles. The molecule has 2 rings (SSSR count). The third kappa shape index (κ3) is 4.53. The molecular weight excluding hydrogens is 287 g/mol. The van der Waals surface area contributed by atoms with Gasteiger partial charge in [0.25, 0.3) is 0 Å². The van der Waals surface area contributed by atoms with Gasteiger partial charge in [0.2, 0.25) is 5.91 Å². The van der Waals surface area contributed by atoms with E-state index in [2.05, 4.69) is 21.7 Å². The predicted octanol–water partition coefficient (Wildman–Crippen LogP) is 1.17. The number of hydrogen-bond donors (Lipinski definition) is 3. The summed E-state index contributed by atoms with van der Waals surface area (Å²) in [7, 11) is 0. The van der Waals surface area contributed by atoms with Gasteiger partial charge in [-0.3, -0.25) is 4.79 Å². The highest BCUT2D eigenvalue weighted by atomic mass is 35.5. The molecule has 0 saturated carbocycles. The number of hydrogen-bond acceptors (Lipinski definition) is 4. The van der Waals surface area contributed by atoms with Gasteiger partial charge in [-0.1, -0.05) is 6.07 Å². The average molecular weight is 307 g/mol. The standard InChI is InChI=1S/C12H18N4O.2ClH/c1-7-3-8(2)12(15-5-7)16-9-4-10(11(13)17)14-6-9;;/h3,5,9-10,14H,4,6H2,1-2H3,(H2,13,17)(H,15,16);2*1H/t9-,10-;;/m0../s1. The fourth-order valence-corrected chi connectivity index (χ4v) is 2.12. The minimum absolute atomic E-state index is 0. The Labute approximate surface area is 125 Å². The lowest BCUT2D eigenvalue weighted by molar-refractivity contribution is -0.119. The first-order valence-electron chi connectivity index (χ1n) is 5.78. The van der Waals surface area contributed by atoms with Crippen LogP contribution in [0.2, 0.25) is 0 Å². The molecule has 0 spiro atoms. The van der Waals surface area contributed by atoms with Gasteiger partial charge >= 0.3 is 0 Å². The summed E-state index contributed by atoms with van der Waals surface area (Å²) >= 11 is 0. The van der Waals surface area contributed by atoms with E-state index >= 15 is 0 Å². The summed E-state index contributed by atoms with van der Waals surface area (Å²) in [4.78, 5) is 15.4. The summed E-state index contributed by atoms with van der Waals surface area (Å²) < 4.78 is 0. The van der Waals surface area contributed by atoms with Crippen molar-refractivity contribution in [3.63, 3.8) is 0 Å². The van der Waals surface area contributed by atoms with Gasteiger partial charge in [0, 0.05) is 18.8 Å². The highest BCUT2D eigenvalue weighted by molar-refractivity contribution is 5.85. The number of nitrogens with one attached hydrogen (secondary N) is 2. The van der Waals surface area contributed by atoms with E-state index in [9.17, 15) is 4.79 Å². The molecule has 1 aliphatic rings. The zero-order chi connectivity index (χ0) is 12.4. The quantitative estimate of drug-likeness (QED) is 0.783. The van der Waals surface area contributed by atoms with Crippen LogP contribution in [0.25, 0.3) is 0 Å². The van der Waals surface area contributed by atoms with Gasteiger partial charge in [-0.25, -0.2) is 4.98 Å². The van der Waals surface area contributed by atoms with Crippen molar-refractivity contribution in [3.8, 4) is 0 Å². The Hall–Kier alpha value is -1.04. The summed E-state index contributed by atoms with van der Waals surface area (Å²) in [5, 5.41) is 6.43. The van der Waals surface area contributed by atoms with E-state index in [1.165, 1.54) is 0 Å². The number of carbonyl (C=O) groups excluding carboxylic acids is 1. The van der Waals surface area contributed by atoms with Gasteiger partial charge < -0.3 is 16.4 Å². The van der Waals surface area contributed by atoms with Crippen molar-refractivity contribution in [1.29, 1.82) is 0 Å². The summed E-state index contributed by atoms with van der Waals surface area (Å²) in [5.74, 6) is 0.593. The lowest BCUT2D eigenvalue weighted by Crippen LogP contribution is -2.36. The van der Waals surface area contributed by atoms with Crippen LogP contribution in [0.1, 0.15) is 17.5 Å². The van der Waals surface area contributed by atoms with Crippen molar-refractivity contribution < 1.29 is 4.79 Å². The molecule has 1 saturated heterocycles. The van der Waals surface area contributed by atoms with E-state index in [0.29, 0.717) is 6.42 Å². The molecule has 1 aromatic rings. The van der Waals surface area contributed by atoms with Gasteiger partial charge in [-0.05, 0) is 31.4 Å². The Kier molecular flexibility index (Phi) is 7.11. The van der Waals surface area contributed by atoms with Crippen LogP contribution in [0.15, 0.2) is 12.3 Å². The average Bonchev–Trinajstić information content (AvgIpc) is 2.71. The maximum atomic E-state index is 11.0. The second-order valence-corrected chi connectivity index (χ2v) is 4.62. The van der Waals surface area contributed by atoms with Crippen LogP contribution >= 0.6 is 24.8 Å². The number of primary amides is 1. The van der Waals surface area contributed by atoms with Crippen LogP contribution in [-0.4, -0.2) is 29.5 Å². The molecule has 19 heavy (non-hydrogen) atoms. The highest BCUT2D eigenvalue weighted by Gasteiger charge is 2.27. The molecule has 0 unspecified atom stereocenters. The number of aryl methyl sites for hydroxylation is 2. The van der Waals surface area contributed by atoms with Crippen LogP contribution in [0.3, 0.4) is 0 Å². The maximum absolute atomic E-state index is 11.0. The van der Waals surface area contributed by atoms with E-state index in [4.69, 9.17) is 5.73 Å². The number of nitrogens with two attached hydrogens (primary N) is 1. The zero-order valence-corrected chi connectivity index (χ0v) is 12.6. The second-order valence-electron chi connectivity index (χ2n) is 4.62. The summed E-state index contributed by atoms with van der Waals surface area (Å²) in [6.45, 7) is 4.78. The minimum atomic E-state index is -0.289. The van der Waals surface area contributed by atoms with Gasteiger partial charge in [-0.2, -0.15) is 0 Å². The van der Waals surface area contributed by atoms with Gasteiger partial charge in [-0.15, -0.1) is 24.8 Å². The third-order valence-electron chi connectivity index (χ3n) is 3.03. The molecule has 1 amide bonds.